The summed E-state index contributed by atoms with van der Waals surface area (Å²) in [7, 11) is 0. The molecule has 0 aliphatic carbocycles. The fourth-order valence-electron chi connectivity index (χ4n) is 2.10. The Balaban J connectivity index is 2.32. The monoisotopic (exact) mass is 320 g/mol. The Kier molecular flexibility index (Phi) is 5.33. The van der Waals surface area contributed by atoms with E-state index in [4.69, 9.17) is 16.3 Å². The van der Waals surface area contributed by atoms with Crippen LogP contribution in [0.1, 0.15) is 23.9 Å². The van der Waals surface area contributed by atoms with E-state index < -0.39 is 11.7 Å². The molecule has 0 radical (unpaired) electrons. The number of rotatable bonds is 4. The molecule has 0 atom stereocenters. The van der Waals surface area contributed by atoms with E-state index in [9.17, 15) is 9.59 Å². The molecule has 0 bridgehead atoms. The van der Waals surface area contributed by atoms with Gasteiger partial charge < -0.3 is 4.74 Å². The van der Waals surface area contributed by atoms with E-state index in [0.29, 0.717) is 12.8 Å². The highest BCUT2D eigenvalue weighted by atomic mass is 35.5. The number of benzene rings is 1. The first kappa shape index (κ1) is 16.2. The van der Waals surface area contributed by atoms with Crippen LogP contribution < -0.4 is 5.56 Å². The first-order chi connectivity index (χ1) is 10.5. The summed E-state index contributed by atoms with van der Waals surface area (Å²) in [4.78, 5) is 28.5. The number of halogens is 1. The highest BCUT2D eigenvalue weighted by molar-refractivity contribution is 6.30. The maximum Gasteiger partial charge on any atom is 0.421 e. The van der Waals surface area contributed by atoms with Crippen molar-refractivity contribution in [3.05, 3.63) is 62.8 Å². The highest BCUT2D eigenvalue weighted by Crippen LogP contribution is 2.12. The second-order valence-electron chi connectivity index (χ2n) is 4.76. The van der Waals surface area contributed by atoms with Crippen molar-refractivity contribution < 1.29 is 9.53 Å². The SMILES string of the molecule is CCOC(=O)n1c(C)c(Cl)nc(CCc2ccccc2)c1=O. The van der Waals surface area contributed by atoms with Gasteiger partial charge in [0.15, 0.2) is 0 Å². The van der Waals surface area contributed by atoms with Crippen LogP contribution in [0.25, 0.3) is 0 Å². The molecular weight excluding hydrogens is 304 g/mol. The van der Waals surface area contributed by atoms with Crippen LogP contribution >= 0.6 is 11.6 Å². The topological polar surface area (TPSA) is 61.2 Å². The molecule has 0 aliphatic heterocycles. The van der Waals surface area contributed by atoms with Gasteiger partial charge in [0.1, 0.15) is 10.8 Å². The summed E-state index contributed by atoms with van der Waals surface area (Å²) in [5.41, 5.74) is 1.15. The first-order valence-corrected chi connectivity index (χ1v) is 7.41. The van der Waals surface area contributed by atoms with Gasteiger partial charge >= 0.3 is 6.09 Å². The minimum atomic E-state index is -0.727. The molecule has 5 nitrogen and oxygen atoms in total. The van der Waals surface area contributed by atoms with E-state index in [1.165, 1.54) is 0 Å². The molecule has 2 rings (SSSR count). The van der Waals surface area contributed by atoms with Crippen LogP contribution in [0.5, 0.6) is 0 Å². The lowest BCUT2D eigenvalue weighted by molar-refractivity contribution is 0.152. The average Bonchev–Trinajstić information content (AvgIpc) is 2.51. The Morgan fingerprint density at radius 3 is 2.59 bits per heavy atom. The van der Waals surface area contributed by atoms with Crippen LogP contribution in [0.2, 0.25) is 5.15 Å². The van der Waals surface area contributed by atoms with Crippen molar-refractivity contribution in [2.75, 3.05) is 6.61 Å². The quantitative estimate of drug-likeness (QED) is 0.869. The third kappa shape index (κ3) is 3.54. The second kappa shape index (κ2) is 7.22. The van der Waals surface area contributed by atoms with Gasteiger partial charge in [-0.3, -0.25) is 4.79 Å². The zero-order chi connectivity index (χ0) is 16.1. The Morgan fingerprint density at radius 1 is 1.27 bits per heavy atom. The number of aromatic nitrogens is 2. The van der Waals surface area contributed by atoms with Crippen LogP contribution in [0, 0.1) is 6.92 Å². The Labute approximate surface area is 133 Å². The van der Waals surface area contributed by atoms with E-state index in [1.807, 2.05) is 30.3 Å². The Hall–Kier alpha value is -2.14. The number of carbonyl (C=O) groups excluding carboxylic acids is 1. The van der Waals surface area contributed by atoms with Crippen LogP contribution in [-0.4, -0.2) is 22.3 Å². The molecule has 0 saturated carbocycles. The molecule has 0 unspecified atom stereocenters. The van der Waals surface area contributed by atoms with Crippen molar-refractivity contribution >= 4 is 17.7 Å². The Bertz CT molecular complexity index is 726. The molecule has 0 spiro atoms. The molecule has 116 valence electrons. The lowest BCUT2D eigenvalue weighted by Crippen LogP contribution is -2.33. The van der Waals surface area contributed by atoms with E-state index in [-0.39, 0.29) is 23.1 Å². The zero-order valence-corrected chi connectivity index (χ0v) is 13.3. The first-order valence-electron chi connectivity index (χ1n) is 7.03. The van der Waals surface area contributed by atoms with Gasteiger partial charge in [0.2, 0.25) is 0 Å². The van der Waals surface area contributed by atoms with E-state index in [1.54, 1.807) is 13.8 Å². The lowest BCUT2D eigenvalue weighted by Gasteiger charge is -2.11. The van der Waals surface area contributed by atoms with Crippen LogP contribution in [0.4, 0.5) is 4.79 Å². The van der Waals surface area contributed by atoms with Crippen LogP contribution in [0.3, 0.4) is 0 Å². The van der Waals surface area contributed by atoms with Gasteiger partial charge in [-0.1, -0.05) is 41.9 Å². The molecule has 6 heteroatoms. The molecule has 1 aromatic carbocycles. The summed E-state index contributed by atoms with van der Waals surface area (Å²) < 4.78 is 5.84. The molecule has 0 fully saturated rings. The number of hydrogen-bond acceptors (Lipinski definition) is 4. The van der Waals surface area contributed by atoms with Crippen LogP contribution in [-0.2, 0) is 17.6 Å². The number of carbonyl (C=O) groups is 1. The van der Waals surface area contributed by atoms with E-state index in [0.717, 1.165) is 10.1 Å². The number of aryl methyl sites for hydroxylation is 2. The van der Waals surface area contributed by atoms with Gasteiger partial charge in [0.25, 0.3) is 5.56 Å². The molecule has 0 N–H and O–H groups in total. The van der Waals surface area contributed by atoms with Crippen molar-refractivity contribution in [3.63, 3.8) is 0 Å². The van der Waals surface area contributed by atoms with Gasteiger partial charge in [0, 0.05) is 0 Å². The number of ether oxygens (including phenoxy) is 1. The highest BCUT2D eigenvalue weighted by Gasteiger charge is 2.18. The fraction of sp³-hybridized carbons (Fsp3) is 0.312. The summed E-state index contributed by atoms with van der Waals surface area (Å²) >= 11 is 6.04. The molecule has 22 heavy (non-hydrogen) atoms. The largest absolute Gasteiger partial charge is 0.449 e. The maximum atomic E-state index is 12.4. The van der Waals surface area contributed by atoms with Crippen molar-refractivity contribution in [2.24, 2.45) is 0 Å². The van der Waals surface area contributed by atoms with Crippen molar-refractivity contribution in [2.45, 2.75) is 26.7 Å². The number of hydrogen-bond donors (Lipinski definition) is 0. The predicted octanol–water partition coefficient (Wildman–Crippen LogP) is 2.99. The standard InChI is InChI=1S/C16H17ClN2O3/c1-3-22-16(21)19-11(2)14(17)18-13(15(19)20)10-9-12-7-5-4-6-8-12/h4-8H,3,9-10H2,1-2H3. The molecule has 1 aromatic heterocycles. The van der Waals surface area contributed by atoms with Gasteiger partial charge in [-0.2, -0.15) is 0 Å². The summed E-state index contributed by atoms with van der Waals surface area (Å²) in [6.07, 6.45) is 0.323. The van der Waals surface area contributed by atoms with Crippen molar-refractivity contribution in [1.82, 2.24) is 9.55 Å². The molecule has 0 amide bonds. The van der Waals surface area contributed by atoms with Crippen LogP contribution in [0.15, 0.2) is 35.1 Å². The van der Waals surface area contributed by atoms with E-state index in [2.05, 4.69) is 4.98 Å². The molecular formula is C16H17ClN2O3. The average molecular weight is 321 g/mol. The third-order valence-corrected chi connectivity index (χ3v) is 3.62. The predicted molar refractivity (Wildman–Crippen MR) is 84.5 cm³/mol. The molecule has 0 aliphatic rings. The molecule has 2 aromatic rings. The third-order valence-electron chi connectivity index (χ3n) is 3.26. The van der Waals surface area contributed by atoms with Crippen molar-refractivity contribution in [3.8, 4) is 0 Å². The fourth-order valence-corrected chi connectivity index (χ4v) is 2.29. The van der Waals surface area contributed by atoms with Crippen molar-refractivity contribution in [1.29, 1.82) is 0 Å². The summed E-state index contributed by atoms with van der Waals surface area (Å²) in [5, 5.41) is 0.135. The normalized spacial score (nSPS) is 10.5. The van der Waals surface area contributed by atoms with Gasteiger partial charge in [-0.15, -0.1) is 0 Å². The number of nitrogens with zero attached hydrogens (tertiary/aromatic N) is 2. The lowest BCUT2D eigenvalue weighted by atomic mass is 10.1. The van der Waals surface area contributed by atoms with E-state index >= 15 is 0 Å². The molecule has 1 heterocycles. The molecule has 0 saturated heterocycles. The van der Waals surface area contributed by atoms with Gasteiger partial charge in [-0.05, 0) is 32.3 Å². The maximum absolute atomic E-state index is 12.4. The minimum Gasteiger partial charge on any atom is -0.449 e. The van der Waals surface area contributed by atoms with Gasteiger partial charge in [-0.25, -0.2) is 14.3 Å². The summed E-state index contributed by atoms with van der Waals surface area (Å²) in [5.74, 6) is 0. The second-order valence-corrected chi connectivity index (χ2v) is 5.12. The minimum absolute atomic E-state index is 0.135. The smallest absolute Gasteiger partial charge is 0.421 e. The summed E-state index contributed by atoms with van der Waals surface area (Å²) in [6, 6.07) is 9.74. The van der Waals surface area contributed by atoms with Gasteiger partial charge in [0.05, 0.1) is 12.3 Å². The summed E-state index contributed by atoms with van der Waals surface area (Å²) in [6.45, 7) is 3.43. The Morgan fingerprint density at radius 2 is 1.95 bits per heavy atom. The zero-order valence-electron chi connectivity index (χ0n) is 12.5.